The van der Waals surface area contributed by atoms with E-state index in [1.165, 1.54) is 0 Å². The van der Waals surface area contributed by atoms with Crippen LogP contribution in [0, 0.1) is 0 Å². The largest absolute Gasteiger partial charge is 0.368 e. The predicted molar refractivity (Wildman–Crippen MR) is 112 cm³/mol. The Morgan fingerprint density at radius 1 is 0.929 bits per heavy atom. The molecule has 5 nitrogen and oxygen atoms in total. The molecule has 1 aromatic heterocycles. The summed E-state index contributed by atoms with van der Waals surface area (Å²) >= 11 is 0. The second-order valence-electron chi connectivity index (χ2n) is 7.43. The fourth-order valence-corrected chi connectivity index (χ4v) is 3.96. The molecule has 0 unspecified atom stereocenters. The molecule has 2 heterocycles. The molecule has 1 saturated heterocycles. The number of hydrogen-bond donors (Lipinski definition) is 0. The van der Waals surface area contributed by atoms with Crippen molar-refractivity contribution in [1.29, 1.82) is 0 Å². The Bertz CT molecular complexity index is 1010. The molecular formula is C23H25N3O2. The third-order valence-electron chi connectivity index (χ3n) is 5.59. The number of carbonyl (C=O) groups is 2. The van der Waals surface area contributed by atoms with Crippen LogP contribution in [0.25, 0.3) is 10.9 Å². The summed E-state index contributed by atoms with van der Waals surface area (Å²) in [5.41, 5.74) is 4.08. The van der Waals surface area contributed by atoms with Gasteiger partial charge in [0.15, 0.2) is 5.78 Å². The van der Waals surface area contributed by atoms with E-state index in [0.29, 0.717) is 6.42 Å². The Morgan fingerprint density at radius 3 is 2.29 bits per heavy atom. The van der Waals surface area contributed by atoms with Gasteiger partial charge < -0.3 is 14.4 Å². The van der Waals surface area contributed by atoms with Crippen LogP contribution in [-0.2, 0) is 18.3 Å². The first-order chi connectivity index (χ1) is 13.5. The molecule has 28 heavy (non-hydrogen) atoms. The summed E-state index contributed by atoms with van der Waals surface area (Å²) in [6.07, 6.45) is 2.50. The summed E-state index contributed by atoms with van der Waals surface area (Å²) in [6.45, 7) is 4.63. The Hall–Kier alpha value is -3.08. The zero-order chi connectivity index (χ0) is 19.7. The molecule has 5 heteroatoms. The fraction of sp³-hybridized carbons (Fsp3) is 0.304. The van der Waals surface area contributed by atoms with Gasteiger partial charge in [0.25, 0.3) is 0 Å². The lowest BCUT2D eigenvalue weighted by Crippen LogP contribution is -2.49. The summed E-state index contributed by atoms with van der Waals surface area (Å²) in [4.78, 5) is 28.5. The number of carbonyl (C=O) groups excluding carboxylic acids is 2. The number of aromatic nitrogens is 1. The molecule has 4 rings (SSSR count). The molecule has 2 aromatic carbocycles. The van der Waals surface area contributed by atoms with Crippen molar-refractivity contribution < 1.29 is 9.59 Å². The van der Waals surface area contributed by atoms with E-state index in [1.54, 1.807) is 6.92 Å². The van der Waals surface area contributed by atoms with Crippen molar-refractivity contribution in [2.75, 3.05) is 31.1 Å². The van der Waals surface area contributed by atoms with Gasteiger partial charge >= 0.3 is 0 Å². The summed E-state index contributed by atoms with van der Waals surface area (Å²) in [5, 5.41) is 1.16. The van der Waals surface area contributed by atoms with Crippen molar-refractivity contribution in [2.24, 2.45) is 7.05 Å². The van der Waals surface area contributed by atoms with E-state index in [1.807, 2.05) is 48.3 Å². The fourth-order valence-electron chi connectivity index (χ4n) is 3.96. The van der Waals surface area contributed by atoms with Crippen LogP contribution in [0.2, 0.25) is 0 Å². The number of fused-ring (bicyclic) bond motifs is 1. The van der Waals surface area contributed by atoms with Crippen LogP contribution >= 0.6 is 0 Å². The van der Waals surface area contributed by atoms with Gasteiger partial charge in [0.05, 0.1) is 6.42 Å². The van der Waals surface area contributed by atoms with Gasteiger partial charge in [0.1, 0.15) is 0 Å². The van der Waals surface area contributed by atoms with E-state index < -0.39 is 0 Å². The second-order valence-corrected chi connectivity index (χ2v) is 7.43. The SMILES string of the molecule is CC(=O)c1ccc(N2CCN(C(=O)Cc3cn(C)c4ccccc34)CC2)cc1. The third-order valence-corrected chi connectivity index (χ3v) is 5.59. The molecule has 0 atom stereocenters. The Labute approximate surface area is 165 Å². The van der Waals surface area contributed by atoms with Crippen LogP contribution in [0.15, 0.2) is 54.7 Å². The molecule has 0 aliphatic carbocycles. The van der Waals surface area contributed by atoms with Crippen LogP contribution in [0.4, 0.5) is 5.69 Å². The molecule has 3 aromatic rings. The number of hydrogen-bond acceptors (Lipinski definition) is 3. The minimum Gasteiger partial charge on any atom is -0.368 e. The molecule has 0 spiro atoms. The minimum absolute atomic E-state index is 0.0791. The van der Waals surface area contributed by atoms with E-state index in [4.69, 9.17) is 0 Å². The maximum Gasteiger partial charge on any atom is 0.227 e. The Kier molecular flexibility index (Phi) is 4.90. The van der Waals surface area contributed by atoms with Gasteiger partial charge in [0, 0.05) is 61.6 Å². The number of nitrogens with zero attached hydrogens (tertiary/aromatic N) is 3. The number of ketones is 1. The van der Waals surface area contributed by atoms with E-state index in [2.05, 4.69) is 27.8 Å². The first-order valence-corrected chi connectivity index (χ1v) is 9.69. The highest BCUT2D eigenvalue weighted by molar-refractivity contribution is 5.94. The molecule has 1 aliphatic heterocycles. The number of amides is 1. The van der Waals surface area contributed by atoms with Crippen molar-refractivity contribution in [3.05, 3.63) is 65.9 Å². The first-order valence-electron chi connectivity index (χ1n) is 9.69. The molecule has 144 valence electrons. The Balaban J connectivity index is 1.39. The van der Waals surface area contributed by atoms with Crippen LogP contribution in [0.3, 0.4) is 0 Å². The lowest BCUT2D eigenvalue weighted by atomic mass is 10.1. The maximum absolute atomic E-state index is 12.8. The van der Waals surface area contributed by atoms with E-state index in [-0.39, 0.29) is 11.7 Å². The van der Waals surface area contributed by atoms with E-state index in [9.17, 15) is 9.59 Å². The quantitative estimate of drug-likeness (QED) is 0.658. The number of piperazine rings is 1. The van der Waals surface area contributed by atoms with Gasteiger partial charge in [-0.3, -0.25) is 9.59 Å². The van der Waals surface area contributed by atoms with Crippen molar-refractivity contribution in [2.45, 2.75) is 13.3 Å². The van der Waals surface area contributed by atoms with Crippen LogP contribution in [0.1, 0.15) is 22.8 Å². The zero-order valence-electron chi connectivity index (χ0n) is 16.4. The smallest absolute Gasteiger partial charge is 0.227 e. The normalized spacial score (nSPS) is 14.5. The van der Waals surface area contributed by atoms with E-state index in [0.717, 1.165) is 53.9 Å². The standard InChI is InChI=1S/C23H25N3O2/c1-17(27)18-7-9-20(10-8-18)25-11-13-26(14-12-25)23(28)15-19-16-24(2)22-6-4-3-5-21(19)22/h3-10,16H,11-15H2,1-2H3. The number of rotatable bonds is 4. The molecule has 0 N–H and O–H groups in total. The Morgan fingerprint density at radius 2 is 1.61 bits per heavy atom. The van der Waals surface area contributed by atoms with Crippen LogP contribution in [-0.4, -0.2) is 47.3 Å². The van der Waals surface area contributed by atoms with Crippen molar-refractivity contribution in [3.8, 4) is 0 Å². The third kappa shape index (κ3) is 3.52. The minimum atomic E-state index is 0.0791. The number of aryl methyl sites for hydroxylation is 1. The zero-order valence-corrected chi connectivity index (χ0v) is 16.4. The molecular weight excluding hydrogens is 350 g/mol. The summed E-state index contributed by atoms with van der Waals surface area (Å²) in [7, 11) is 2.02. The predicted octanol–water partition coefficient (Wildman–Crippen LogP) is 3.27. The highest BCUT2D eigenvalue weighted by Crippen LogP contribution is 2.22. The van der Waals surface area contributed by atoms with Gasteiger partial charge in [-0.2, -0.15) is 0 Å². The van der Waals surface area contributed by atoms with Gasteiger partial charge in [-0.1, -0.05) is 18.2 Å². The second kappa shape index (κ2) is 7.50. The summed E-state index contributed by atoms with van der Waals surface area (Å²) < 4.78 is 2.08. The topological polar surface area (TPSA) is 45.6 Å². The molecule has 1 aliphatic rings. The number of anilines is 1. The maximum atomic E-state index is 12.8. The van der Waals surface area contributed by atoms with Gasteiger partial charge in [0.2, 0.25) is 5.91 Å². The lowest BCUT2D eigenvalue weighted by molar-refractivity contribution is -0.130. The molecule has 0 saturated carbocycles. The number of Topliss-reactive ketones (excluding diaryl/α,β-unsaturated/α-hetero) is 1. The lowest BCUT2D eigenvalue weighted by Gasteiger charge is -2.36. The monoisotopic (exact) mass is 375 g/mol. The highest BCUT2D eigenvalue weighted by atomic mass is 16.2. The summed E-state index contributed by atoms with van der Waals surface area (Å²) in [6, 6.07) is 15.9. The average molecular weight is 375 g/mol. The highest BCUT2D eigenvalue weighted by Gasteiger charge is 2.22. The molecule has 1 fully saturated rings. The van der Waals surface area contributed by atoms with E-state index >= 15 is 0 Å². The van der Waals surface area contributed by atoms with Crippen LogP contribution < -0.4 is 4.90 Å². The van der Waals surface area contributed by atoms with Gasteiger partial charge in [-0.25, -0.2) is 0 Å². The summed E-state index contributed by atoms with van der Waals surface area (Å²) in [5.74, 6) is 0.262. The van der Waals surface area contributed by atoms with Crippen LogP contribution in [0.5, 0.6) is 0 Å². The van der Waals surface area contributed by atoms with Crippen molar-refractivity contribution in [3.63, 3.8) is 0 Å². The number of benzene rings is 2. The number of para-hydroxylation sites is 1. The average Bonchev–Trinajstić information content (AvgIpc) is 3.04. The first kappa shape index (κ1) is 18.3. The van der Waals surface area contributed by atoms with Gasteiger partial charge in [-0.05, 0) is 42.8 Å². The van der Waals surface area contributed by atoms with Crippen molar-refractivity contribution >= 4 is 28.3 Å². The van der Waals surface area contributed by atoms with Crippen molar-refractivity contribution in [1.82, 2.24) is 9.47 Å². The van der Waals surface area contributed by atoms with Gasteiger partial charge in [-0.15, -0.1) is 0 Å². The molecule has 0 radical (unpaired) electrons. The molecule has 1 amide bonds. The molecule has 0 bridgehead atoms.